The summed E-state index contributed by atoms with van der Waals surface area (Å²) < 4.78 is 25.4. The summed E-state index contributed by atoms with van der Waals surface area (Å²) in [6.07, 6.45) is 0.943. The van der Waals surface area contributed by atoms with Gasteiger partial charge in [-0.15, -0.1) is 11.6 Å². The number of benzene rings is 1. The molecule has 0 heterocycles. The third-order valence-electron chi connectivity index (χ3n) is 2.01. The molecule has 0 bridgehead atoms. The van der Waals surface area contributed by atoms with Crippen LogP contribution in [0.3, 0.4) is 0 Å². The third kappa shape index (κ3) is 4.14. The van der Waals surface area contributed by atoms with E-state index in [1.807, 2.05) is 0 Å². The molecule has 1 N–H and O–H groups in total. The number of carbonyl (C=O) groups is 1. The summed E-state index contributed by atoms with van der Waals surface area (Å²) in [7, 11) is 0. The van der Waals surface area contributed by atoms with Gasteiger partial charge in [-0.05, 0) is 24.1 Å². The van der Waals surface area contributed by atoms with Gasteiger partial charge in [0.15, 0.2) is 11.6 Å². The van der Waals surface area contributed by atoms with E-state index >= 15 is 0 Å². The SMILES string of the molecule is O=C(CCCCl)NCc1ccc(F)c(F)c1. The highest BCUT2D eigenvalue weighted by atomic mass is 35.5. The minimum atomic E-state index is -0.910. The van der Waals surface area contributed by atoms with E-state index in [-0.39, 0.29) is 12.5 Å². The second-order valence-corrected chi connectivity index (χ2v) is 3.70. The Hall–Kier alpha value is -1.16. The molecule has 1 aromatic rings. The van der Waals surface area contributed by atoms with Crippen LogP contribution in [-0.4, -0.2) is 11.8 Å². The maximum absolute atomic E-state index is 12.8. The third-order valence-corrected chi connectivity index (χ3v) is 2.28. The molecule has 0 aliphatic rings. The van der Waals surface area contributed by atoms with Crippen LogP contribution in [0.5, 0.6) is 0 Å². The molecular formula is C11H12ClF2NO. The van der Waals surface area contributed by atoms with Gasteiger partial charge in [-0.1, -0.05) is 6.07 Å². The summed E-state index contributed by atoms with van der Waals surface area (Å²) in [4.78, 5) is 11.2. The predicted molar refractivity (Wildman–Crippen MR) is 58.2 cm³/mol. The van der Waals surface area contributed by atoms with E-state index in [9.17, 15) is 13.6 Å². The summed E-state index contributed by atoms with van der Waals surface area (Å²) >= 11 is 5.43. The highest BCUT2D eigenvalue weighted by Gasteiger charge is 2.04. The van der Waals surface area contributed by atoms with Gasteiger partial charge in [-0.3, -0.25) is 4.79 Å². The predicted octanol–water partition coefficient (Wildman–Crippen LogP) is 2.60. The molecule has 0 aromatic heterocycles. The summed E-state index contributed by atoms with van der Waals surface area (Å²) in [6.45, 7) is 0.193. The van der Waals surface area contributed by atoms with Crippen LogP contribution >= 0.6 is 11.6 Å². The lowest BCUT2D eigenvalue weighted by Gasteiger charge is -2.05. The van der Waals surface area contributed by atoms with Crippen LogP contribution in [0.1, 0.15) is 18.4 Å². The molecule has 88 valence electrons. The first-order valence-electron chi connectivity index (χ1n) is 4.90. The molecule has 0 fully saturated rings. The van der Waals surface area contributed by atoms with Crippen molar-refractivity contribution < 1.29 is 13.6 Å². The van der Waals surface area contributed by atoms with Gasteiger partial charge in [0, 0.05) is 18.8 Å². The second kappa shape index (κ2) is 6.43. The van der Waals surface area contributed by atoms with Gasteiger partial charge in [0.1, 0.15) is 0 Å². The van der Waals surface area contributed by atoms with Crippen LogP contribution in [-0.2, 0) is 11.3 Å². The van der Waals surface area contributed by atoms with Crippen molar-refractivity contribution in [3.8, 4) is 0 Å². The maximum Gasteiger partial charge on any atom is 0.220 e. The van der Waals surface area contributed by atoms with Crippen LogP contribution in [0.15, 0.2) is 18.2 Å². The molecule has 2 nitrogen and oxygen atoms in total. The molecule has 1 rings (SSSR count). The highest BCUT2D eigenvalue weighted by molar-refractivity contribution is 6.17. The molecule has 0 aliphatic carbocycles. The van der Waals surface area contributed by atoms with Gasteiger partial charge in [0.05, 0.1) is 0 Å². The smallest absolute Gasteiger partial charge is 0.220 e. The van der Waals surface area contributed by atoms with E-state index in [0.29, 0.717) is 24.3 Å². The van der Waals surface area contributed by atoms with E-state index in [2.05, 4.69) is 5.32 Å². The van der Waals surface area contributed by atoms with Crippen LogP contribution in [0.25, 0.3) is 0 Å². The van der Waals surface area contributed by atoms with Crippen LogP contribution in [0, 0.1) is 11.6 Å². The number of rotatable bonds is 5. The Labute approximate surface area is 97.6 Å². The first-order chi connectivity index (χ1) is 7.63. The van der Waals surface area contributed by atoms with Gasteiger partial charge in [0.2, 0.25) is 5.91 Å². The molecule has 5 heteroatoms. The Morgan fingerprint density at radius 3 is 2.69 bits per heavy atom. The minimum Gasteiger partial charge on any atom is -0.352 e. The number of nitrogens with one attached hydrogen (secondary N) is 1. The van der Waals surface area contributed by atoms with E-state index < -0.39 is 11.6 Å². The zero-order chi connectivity index (χ0) is 12.0. The highest BCUT2D eigenvalue weighted by Crippen LogP contribution is 2.08. The zero-order valence-electron chi connectivity index (χ0n) is 8.60. The second-order valence-electron chi connectivity index (χ2n) is 3.32. The number of halogens is 3. The fourth-order valence-corrected chi connectivity index (χ4v) is 1.30. The average Bonchev–Trinajstić information content (AvgIpc) is 2.28. The fourth-order valence-electron chi connectivity index (χ4n) is 1.17. The molecule has 0 unspecified atom stereocenters. The summed E-state index contributed by atoms with van der Waals surface area (Å²) in [6, 6.07) is 3.53. The topological polar surface area (TPSA) is 29.1 Å². The summed E-state index contributed by atoms with van der Waals surface area (Å²) in [5, 5.41) is 2.59. The Morgan fingerprint density at radius 1 is 1.31 bits per heavy atom. The Kier molecular flexibility index (Phi) is 5.19. The maximum atomic E-state index is 12.8. The standard InChI is InChI=1S/C11H12ClF2NO/c12-5-1-2-11(16)15-7-8-3-4-9(13)10(14)6-8/h3-4,6H,1-2,5,7H2,(H,15,16). The lowest BCUT2D eigenvalue weighted by molar-refractivity contribution is -0.121. The van der Waals surface area contributed by atoms with Gasteiger partial charge in [0.25, 0.3) is 0 Å². The van der Waals surface area contributed by atoms with Gasteiger partial charge in [-0.2, -0.15) is 0 Å². The van der Waals surface area contributed by atoms with Crippen molar-refractivity contribution >= 4 is 17.5 Å². The number of amides is 1. The van der Waals surface area contributed by atoms with Gasteiger partial charge < -0.3 is 5.32 Å². The van der Waals surface area contributed by atoms with Crippen LogP contribution < -0.4 is 5.32 Å². The van der Waals surface area contributed by atoms with Crippen molar-refractivity contribution in [3.05, 3.63) is 35.4 Å². The van der Waals surface area contributed by atoms with Gasteiger partial charge in [-0.25, -0.2) is 8.78 Å². The molecule has 0 radical (unpaired) electrons. The molecular weight excluding hydrogens is 236 g/mol. The molecule has 16 heavy (non-hydrogen) atoms. The molecule has 1 aromatic carbocycles. The summed E-state index contributed by atoms with van der Waals surface area (Å²) in [5.74, 6) is -1.52. The Bertz CT molecular complexity index is 371. The quantitative estimate of drug-likeness (QED) is 0.797. The van der Waals surface area contributed by atoms with Crippen molar-refractivity contribution in [2.45, 2.75) is 19.4 Å². The molecule has 0 aliphatic heterocycles. The lowest BCUT2D eigenvalue weighted by atomic mass is 10.2. The van der Waals surface area contributed by atoms with E-state index in [4.69, 9.17) is 11.6 Å². The minimum absolute atomic E-state index is 0.148. The van der Waals surface area contributed by atoms with Crippen LogP contribution in [0.4, 0.5) is 8.78 Å². The fraction of sp³-hybridized carbons (Fsp3) is 0.364. The number of hydrogen-bond donors (Lipinski definition) is 1. The molecule has 0 spiro atoms. The number of hydrogen-bond acceptors (Lipinski definition) is 1. The van der Waals surface area contributed by atoms with Crippen molar-refractivity contribution in [1.82, 2.24) is 5.32 Å². The first kappa shape index (κ1) is 12.9. The normalized spacial score (nSPS) is 10.2. The van der Waals surface area contributed by atoms with Crippen molar-refractivity contribution in [2.24, 2.45) is 0 Å². The average molecular weight is 248 g/mol. The number of carbonyl (C=O) groups excluding carboxylic acids is 1. The van der Waals surface area contributed by atoms with Crippen molar-refractivity contribution in [1.29, 1.82) is 0 Å². The molecule has 1 amide bonds. The molecule has 0 saturated heterocycles. The Balaban J connectivity index is 2.42. The van der Waals surface area contributed by atoms with Crippen molar-refractivity contribution in [3.63, 3.8) is 0 Å². The Morgan fingerprint density at radius 2 is 2.06 bits per heavy atom. The zero-order valence-corrected chi connectivity index (χ0v) is 9.36. The van der Waals surface area contributed by atoms with E-state index in [1.54, 1.807) is 0 Å². The molecule has 0 saturated carbocycles. The van der Waals surface area contributed by atoms with Gasteiger partial charge >= 0.3 is 0 Å². The van der Waals surface area contributed by atoms with Crippen molar-refractivity contribution in [2.75, 3.05) is 5.88 Å². The lowest BCUT2D eigenvalue weighted by Crippen LogP contribution is -2.22. The number of alkyl halides is 1. The first-order valence-corrected chi connectivity index (χ1v) is 5.43. The largest absolute Gasteiger partial charge is 0.352 e. The van der Waals surface area contributed by atoms with Crippen LogP contribution in [0.2, 0.25) is 0 Å². The van der Waals surface area contributed by atoms with E-state index in [1.165, 1.54) is 6.07 Å². The summed E-state index contributed by atoms with van der Waals surface area (Å²) in [5.41, 5.74) is 0.526. The monoisotopic (exact) mass is 247 g/mol. The molecule has 0 atom stereocenters. The van der Waals surface area contributed by atoms with E-state index in [0.717, 1.165) is 12.1 Å².